The van der Waals surface area contributed by atoms with Gasteiger partial charge in [-0.25, -0.2) is 4.79 Å². The molecule has 2 fully saturated rings. The molecule has 28 heavy (non-hydrogen) atoms. The van der Waals surface area contributed by atoms with Gasteiger partial charge in [0.25, 0.3) is 5.79 Å². The van der Waals surface area contributed by atoms with Crippen LogP contribution in [0.1, 0.15) is 34.6 Å². The minimum atomic E-state index is -1.75. The molecule has 3 aliphatic heterocycles. The van der Waals surface area contributed by atoms with Crippen LogP contribution >= 0.6 is 0 Å². The second-order valence-corrected chi connectivity index (χ2v) is 8.96. The van der Waals surface area contributed by atoms with E-state index in [-0.39, 0.29) is 5.41 Å². The first kappa shape index (κ1) is 21.2. The molecule has 0 unspecified atom stereocenters. The van der Waals surface area contributed by atoms with Crippen molar-refractivity contribution in [2.24, 2.45) is 5.41 Å². The zero-order valence-corrected chi connectivity index (χ0v) is 17.4. The van der Waals surface area contributed by atoms with Gasteiger partial charge < -0.3 is 23.7 Å². The number of hydrogen-bond acceptors (Lipinski definition) is 8. The first-order valence-electron chi connectivity index (χ1n) is 9.22. The van der Waals surface area contributed by atoms with Crippen molar-refractivity contribution in [3.8, 4) is 0 Å². The maximum absolute atomic E-state index is 12.9. The van der Waals surface area contributed by atoms with Gasteiger partial charge in [-0.2, -0.15) is 5.06 Å². The average Bonchev–Trinajstić information content (AvgIpc) is 2.61. The van der Waals surface area contributed by atoms with E-state index < -0.39 is 41.7 Å². The van der Waals surface area contributed by atoms with E-state index >= 15 is 0 Å². The fraction of sp³-hybridized carbons (Fsp3) is 0.789. The summed E-state index contributed by atoms with van der Waals surface area (Å²) in [5.41, 5.74) is -0.363. The van der Waals surface area contributed by atoms with Gasteiger partial charge in [0.15, 0.2) is 18.4 Å². The largest absolute Gasteiger partial charge is 0.442 e. The maximum atomic E-state index is 12.9. The minimum absolute atomic E-state index is 0.137. The van der Waals surface area contributed by atoms with Crippen LogP contribution in [-0.4, -0.2) is 74.2 Å². The number of hydroxylamine groups is 2. The molecule has 2 atom stereocenters. The topological polar surface area (TPSA) is 92.8 Å². The standard InChI is InChI=1S/C19H29NO8/c1-17(2,3)27-16(22)20-13-11(15-25-9-18(4,5)10-26-15)8-12(28-20)14(21)19(13,23-6)24-7/h8,12-13,15H,9-10H2,1-7H3/t12-,13+/m0/s1. The SMILES string of the molecule is COC1(OC)C(=O)[C@@H]2C=C(C3OCC(C)(C)CO3)[C@H]1N(C(=O)OC(C)(C)C)O2. The average molecular weight is 399 g/mol. The molecule has 9 heteroatoms. The van der Waals surface area contributed by atoms with Crippen LogP contribution in [0, 0.1) is 5.41 Å². The number of Topliss-reactive ketones (excluding diaryl/α,β-unsaturated/α-hetero) is 1. The molecular weight excluding hydrogens is 370 g/mol. The molecule has 0 aromatic rings. The van der Waals surface area contributed by atoms with Crippen LogP contribution < -0.4 is 0 Å². The Morgan fingerprint density at radius 1 is 1.18 bits per heavy atom. The third-order valence-corrected chi connectivity index (χ3v) is 4.79. The van der Waals surface area contributed by atoms with Crippen molar-refractivity contribution in [3.05, 3.63) is 11.6 Å². The van der Waals surface area contributed by atoms with Crippen LogP contribution in [0.15, 0.2) is 11.6 Å². The molecule has 4 aliphatic rings. The Morgan fingerprint density at radius 3 is 2.25 bits per heavy atom. The second-order valence-electron chi connectivity index (χ2n) is 8.96. The van der Waals surface area contributed by atoms with Gasteiger partial charge in [0.1, 0.15) is 5.60 Å². The van der Waals surface area contributed by atoms with E-state index in [9.17, 15) is 9.59 Å². The number of amides is 1. The normalized spacial score (nSPS) is 29.6. The first-order chi connectivity index (χ1) is 12.9. The van der Waals surface area contributed by atoms with Gasteiger partial charge in [-0.05, 0) is 26.8 Å². The van der Waals surface area contributed by atoms with Crippen molar-refractivity contribution in [1.82, 2.24) is 5.06 Å². The third kappa shape index (κ3) is 3.57. The van der Waals surface area contributed by atoms with Crippen LogP contribution in [0.2, 0.25) is 0 Å². The molecular formula is C19H29NO8. The van der Waals surface area contributed by atoms with E-state index in [1.165, 1.54) is 14.2 Å². The Bertz CT molecular complexity index is 666. The number of ether oxygens (including phenoxy) is 5. The Labute approximate surface area is 164 Å². The number of methoxy groups -OCH3 is 2. The highest BCUT2D eigenvalue weighted by Gasteiger charge is 2.65. The van der Waals surface area contributed by atoms with Crippen LogP contribution in [0.5, 0.6) is 0 Å². The lowest BCUT2D eigenvalue weighted by Gasteiger charge is -2.52. The van der Waals surface area contributed by atoms with Crippen molar-refractivity contribution in [1.29, 1.82) is 0 Å². The lowest BCUT2D eigenvalue weighted by molar-refractivity contribution is -0.319. The molecule has 2 saturated heterocycles. The predicted octanol–water partition coefficient (Wildman–Crippen LogP) is 1.80. The van der Waals surface area contributed by atoms with E-state index in [1.54, 1.807) is 26.8 Å². The Hall–Kier alpha value is -1.52. The van der Waals surface area contributed by atoms with Crippen molar-refractivity contribution < 1.29 is 38.1 Å². The zero-order valence-electron chi connectivity index (χ0n) is 17.4. The van der Waals surface area contributed by atoms with E-state index in [0.717, 1.165) is 5.06 Å². The Morgan fingerprint density at radius 2 is 1.75 bits per heavy atom. The summed E-state index contributed by atoms with van der Waals surface area (Å²) in [4.78, 5) is 31.3. The molecule has 0 saturated carbocycles. The number of hydrogen-bond donors (Lipinski definition) is 0. The highest BCUT2D eigenvalue weighted by atomic mass is 16.8. The summed E-state index contributed by atoms with van der Waals surface area (Å²) in [5.74, 6) is -2.19. The van der Waals surface area contributed by atoms with Crippen molar-refractivity contribution in [2.75, 3.05) is 27.4 Å². The zero-order chi connectivity index (χ0) is 20.9. The summed E-state index contributed by atoms with van der Waals surface area (Å²) in [6, 6.07) is -1.05. The molecule has 9 nitrogen and oxygen atoms in total. The molecule has 0 N–H and O–H groups in total. The van der Waals surface area contributed by atoms with Crippen molar-refractivity contribution in [3.63, 3.8) is 0 Å². The predicted molar refractivity (Wildman–Crippen MR) is 96.0 cm³/mol. The van der Waals surface area contributed by atoms with Crippen LogP contribution in [0.4, 0.5) is 4.79 Å². The highest BCUT2D eigenvalue weighted by Crippen LogP contribution is 2.43. The van der Waals surface area contributed by atoms with Crippen LogP contribution in [0.25, 0.3) is 0 Å². The van der Waals surface area contributed by atoms with E-state index in [4.69, 9.17) is 28.5 Å². The number of ketones is 1. The lowest BCUT2D eigenvalue weighted by atomic mass is 9.82. The molecule has 0 aromatic carbocycles. The van der Waals surface area contributed by atoms with Crippen molar-refractivity contribution in [2.45, 2.75) is 64.4 Å². The molecule has 0 radical (unpaired) electrons. The summed E-state index contributed by atoms with van der Waals surface area (Å²) in [5, 5.41) is 0.992. The van der Waals surface area contributed by atoms with Gasteiger partial charge >= 0.3 is 6.09 Å². The number of fused-ring (bicyclic) bond motifs is 2. The van der Waals surface area contributed by atoms with Gasteiger partial charge in [0.05, 0.1) is 13.2 Å². The highest BCUT2D eigenvalue weighted by molar-refractivity contribution is 5.96. The van der Waals surface area contributed by atoms with Gasteiger partial charge in [-0.1, -0.05) is 13.8 Å². The van der Waals surface area contributed by atoms with E-state index in [1.807, 2.05) is 13.8 Å². The summed E-state index contributed by atoms with van der Waals surface area (Å²) >= 11 is 0. The number of carbonyl (C=O) groups excluding carboxylic acids is 2. The first-order valence-corrected chi connectivity index (χ1v) is 9.22. The minimum Gasteiger partial charge on any atom is -0.442 e. The van der Waals surface area contributed by atoms with Gasteiger partial charge in [-0.15, -0.1) is 0 Å². The smallest absolute Gasteiger partial charge is 0.435 e. The summed E-state index contributed by atoms with van der Waals surface area (Å²) < 4.78 is 28.2. The number of rotatable bonds is 3. The van der Waals surface area contributed by atoms with Gasteiger partial charge in [0.2, 0.25) is 5.78 Å². The third-order valence-electron chi connectivity index (χ3n) is 4.79. The fourth-order valence-corrected chi connectivity index (χ4v) is 3.50. The van der Waals surface area contributed by atoms with Crippen LogP contribution in [-0.2, 0) is 33.3 Å². The monoisotopic (exact) mass is 399 g/mol. The molecule has 1 aliphatic carbocycles. The van der Waals surface area contributed by atoms with Crippen molar-refractivity contribution >= 4 is 11.9 Å². The van der Waals surface area contributed by atoms with Gasteiger partial charge in [0, 0.05) is 25.2 Å². The molecule has 1 amide bonds. The molecule has 158 valence electrons. The van der Waals surface area contributed by atoms with E-state index in [0.29, 0.717) is 18.8 Å². The van der Waals surface area contributed by atoms with Crippen LogP contribution in [0.3, 0.4) is 0 Å². The fourth-order valence-electron chi connectivity index (χ4n) is 3.50. The summed E-state index contributed by atoms with van der Waals surface area (Å²) in [6.45, 7) is 10.2. The quantitative estimate of drug-likeness (QED) is 0.524. The molecule has 3 heterocycles. The van der Waals surface area contributed by atoms with Gasteiger partial charge in [-0.3, -0.25) is 9.63 Å². The molecule has 0 spiro atoms. The number of nitrogens with zero attached hydrogens (tertiary/aromatic N) is 1. The summed E-state index contributed by atoms with van der Waals surface area (Å²) in [6.07, 6.45) is -0.996. The number of carbonyl (C=O) groups is 2. The Kier molecular flexibility index (Phi) is 5.35. The Balaban J connectivity index is 1.98. The second kappa shape index (κ2) is 7.07. The van der Waals surface area contributed by atoms with E-state index in [2.05, 4.69) is 0 Å². The molecule has 0 aromatic heterocycles. The molecule has 2 bridgehead atoms. The molecule has 4 rings (SSSR count). The maximum Gasteiger partial charge on any atom is 0.435 e. The lowest BCUT2D eigenvalue weighted by Crippen LogP contribution is -2.73. The summed E-state index contributed by atoms with van der Waals surface area (Å²) in [7, 11) is 2.69.